The second-order valence-corrected chi connectivity index (χ2v) is 7.40. The van der Waals surface area contributed by atoms with Crippen LogP contribution in [0.25, 0.3) is 0 Å². The molecule has 0 saturated carbocycles. The first-order chi connectivity index (χ1) is 12.9. The van der Waals surface area contributed by atoms with E-state index in [9.17, 15) is 4.79 Å². The number of rotatable bonds is 5. The van der Waals surface area contributed by atoms with Crippen molar-refractivity contribution in [2.45, 2.75) is 46.7 Å². The number of carbonyl (C=O) groups is 1. The SMILES string of the molecule is Cc1ccccc1NC(=O)C(C)N1CCCN(Cc2nc(C)c(C)o2)CC1. The smallest absolute Gasteiger partial charge is 0.241 e. The molecule has 1 aromatic carbocycles. The van der Waals surface area contributed by atoms with Crippen molar-refractivity contribution in [2.24, 2.45) is 0 Å². The minimum atomic E-state index is -0.157. The molecule has 0 spiro atoms. The lowest BCUT2D eigenvalue weighted by atomic mass is 10.2. The zero-order valence-electron chi connectivity index (χ0n) is 16.8. The van der Waals surface area contributed by atoms with Crippen molar-refractivity contribution in [3.63, 3.8) is 0 Å². The van der Waals surface area contributed by atoms with E-state index in [0.717, 1.165) is 67.7 Å². The fourth-order valence-electron chi connectivity index (χ4n) is 3.45. The fraction of sp³-hybridized carbons (Fsp3) is 0.524. The average molecular weight is 370 g/mol. The maximum atomic E-state index is 12.7. The molecule has 2 heterocycles. The van der Waals surface area contributed by atoms with Crippen LogP contribution in [0.15, 0.2) is 28.7 Å². The van der Waals surface area contributed by atoms with Crippen LogP contribution >= 0.6 is 0 Å². The van der Waals surface area contributed by atoms with Crippen molar-refractivity contribution in [1.29, 1.82) is 0 Å². The largest absolute Gasteiger partial charge is 0.444 e. The van der Waals surface area contributed by atoms with Gasteiger partial charge in [0.25, 0.3) is 0 Å². The van der Waals surface area contributed by atoms with Gasteiger partial charge in [0.05, 0.1) is 18.3 Å². The number of aryl methyl sites for hydroxylation is 3. The Hall–Kier alpha value is -2.18. The number of oxazole rings is 1. The molecule has 1 N–H and O–H groups in total. The number of nitrogens with zero attached hydrogens (tertiary/aromatic N) is 3. The highest BCUT2D eigenvalue weighted by molar-refractivity contribution is 5.95. The molecule has 1 saturated heterocycles. The zero-order chi connectivity index (χ0) is 19.4. The van der Waals surface area contributed by atoms with Crippen LogP contribution in [0.5, 0.6) is 0 Å². The molecule has 1 amide bonds. The number of hydrogen-bond acceptors (Lipinski definition) is 5. The molecule has 3 rings (SSSR count). The molecule has 1 unspecified atom stereocenters. The van der Waals surface area contributed by atoms with E-state index >= 15 is 0 Å². The maximum absolute atomic E-state index is 12.7. The molecule has 0 bridgehead atoms. The van der Waals surface area contributed by atoms with E-state index in [1.807, 2.05) is 52.0 Å². The van der Waals surface area contributed by atoms with Gasteiger partial charge in [-0.05, 0) is 52.3 Å². The van der Waals surface area contributed by atoms with Crippen molar-refractivity contribution in [2.75, 3.05) is 31.5 Å². The van der Waals surface area contributed by atoms with Gasteiger partial charge in [-0.1, -0.05) is 18.2 Å². The van der Waals surface area contributed by atoms with Gasteiger partial charge in [0.1, 0.15) is 5.76 Å². The van der Waals surface area contributed by atoms with E-state index in [1.165, 1.54) is 0 Å². The van der Waals surface area contributed by atoms with Gasteiger partial charge in [0.2, 0.25) is 11.8 Å². The van der Waals surface area contributed by atoms with Gasteiger partial charge in [-0.25, -0.2) is 4.98 Å². The quantitative estimate of drug-likeness (QED) is 0.876. The summed E-state index contributed by atoms with van der Waals surface area (Å²) in [5, 5.41) is 3.07. The highest BCUT2D eigenvalue weighted by Gasteiger charge is 2.25. The highest BCUT2D eigenvalue weighted by Crippen LogP contribution is 2.16. The summed E-state index contributed by atoms with van der Waals surface area (Å²) >= 11 is 0. The molecule has 1 fully saturated rings. The first kappa shape index (κ1) is 19.6. The Morgan fingerprint density at radius 3 is 2.67 bits per heavy atom. The number of carbonyl (C=O) groups excluding carboxylic acids is 1. The van der Waals surface area contributed by atoms with Crippen LogP contribution in [0, 0.1) is 20.8 Å². The molecule has 6 heteroatoms. The number of amides is 1. The van der Waals surface area contributed by atoms with Crippen LogP contribution in [-0.4, -0.2) is 52.9 Å². The number of hydrogen-bond donors (Lipinski definition) is 1. The summed E-state index contributed by atoms with van der Waals surface area (Å²) in [6, 6.07) is 7.73. The van der Waals surface area contributed by atoms with E-state index in [0.29, 0.717) is 0 Å². The molecule has 1 atom stereocenters. The standard InChI is InChI=1S/C21H30N4O2/c1-15-8-5-6-9-19(15)23-21(26)17(3)25-11-7-10-24(12-13-25)14-20-22-16(2)18(4)27-20/h5-6,8-9,17H,7,10-14H2,1-4H3,(H,23,26). The van der Waals surface area contributed by atoms with Gasteiger partial charge in [-0.15, -0.1) is 0 Å². The van der Waals surface area contributed by atoms with E-state index in [1.54, 1.807) is 0 Å². The predicted molar refractivity (Wildman–Crippen MR) is 107 cm³/mol. The number of aromatic nitrogens is 1. The summed E-state index contributed by atoms with van der Waals surface area (Å²) in [7, 11) is 0. The second-order valence-electron chi connectivity index (χ2n) is 7.40. The summed E-state index contributed by atoms with van der Waals surface area (Å²) in [5.41, 5.74) is 2.93. The molecular formula is C21H30N4O2. The molecule has 1 aliphatic rings. The summed E-state index contributed by atoms with van der Waals surface area (Å²) in [4.78, 5) is 21.8. The van der Waals surface area contributed by atoms with Crippen LogP contribution in [0.2, 0.25) is 0 Å². The van der Waals surface area contributed by atoms with Crippen molar-refractivity contribution >= 4 is 11.6 Å². The molecule has 2 aromatic rings. The third-order valence-corrected chi connectivity index (χ3v) is 5.38. The second kappa shape index (κ2) is 8.67. The summed E-state index contributed by atoms with van der Waals surface area (Å²) in [5.74, 6) is 1.73. The lowest BCUT2D eigenvalue weighted by Crippen LogP contribution is -2.44. The minimum Gasteiger partial charge on any atom is -0.444 e. The number of benzene rings is 1. The topological polar surface area (TPSA) is 61.6 Å². The Balaban J connectivity index is 1.55. The Kier molecular flexibility index (Phi) is 6.29. The van der Waals surface area contributed by atoms with Crippen molar-refractivity contribution in [1.82, 2.24) is 14.8 Å². The van der Waals surface area contributed by atoms with E-state index < -0.39 is 0 Å². The van der Waals surface area contributed by atoms with E-state index in [-0.39, 0.29) is 11.9 Å². The zero-order valence-corrected chi connectivity index (χ0v) is 16.8. The van der Waals surface area contributed by atoms with Gasteiger partial charge in [-0.3, -0.25) is 14.6 Å². The van der Waals surface area contributed by atoms with Crippen molar-refractivity contribution in [3.8, 4) is 0 Å². The molecule has 6 nitrogen and oxygen atoms in total. The Labute approximate surface area is 161 Å². The van der Waals surface area contributed by atoms with Gasteiger partial charge in [0.15, 0.2) is 0 Å². The van der Waals surface area contributed by atoms with Crippen molar-refractivity contribution in [3.05, 3.63) is 47.2 Å². The van der Waals surface area contributed by atoms with Crippen LogP contribution in [0.1, 0.15) is 36.3 Å². The van der Waals surface area contributed by atoms with Crippen LogP contribution < -0.4 is 5.32 Å². The maximum Gasteiger partial charge on any atom is 0.241 e. The number of nitrogens with one attached hydrogen (secondary N) is 1. The summed E-state index contributed by atoms with van der Waals surface area (Å²) in [6.45, 7) is 12.3. The van der Waals surface area contributed by atoms with Crippen LogP contribution in [0.4, 0.5) is 5.69 Å². The lowest BCUT2D eigenvalue weighted by Gasteiger charge is -2.27. The monoisotopic (exact) mass is 370 g/mol. The highest BCUT2D eigenvalue weighted by atomic mass is 16.4. The predicted octanol–water partition coefficient (Wildman–Crippen LogP) is 3.13. The number of anilines is 1. The molecule has 0 aliphatic carbocycles. The van der Waals surface area contributed by atoms with E-state index in [4.69, 9.17) is 4.42 Å². The average Bonchev–Trinajstić information content (AvgIpc) is 2.83. The Bertz CT molecular complexity index is 767. The van der Waals surface area contributed by atoms with Gasteiger partial charge in [0, 0.05) is 25.3 Å². The molecule has 1 aliphatic heterocycles. The fourth-order valence-corrected chi connectivity index (χ4v) is 3.45. The molecule has 27 heavy (non-hydrogen) atoms. The first-order valence-corrected chi connectivity index (χ1v) is 9.70. The van der Waals surface area contributed by atoms with Crippen molar-refractivity contribution < 1.29 is 9.21 Å². The minimum absolute atomic E-state index is 0.0525. The van der Waals surface area contributed by atoms with Crippen LogP contribution in [0.3, 0.4) is 0 Å². The first-order valence-electron chi connectivity index (χ1n) is 9.70. The molecule has 0 radical (unpaired) electrons. The van der Waals surface area contributed by atoms with Gasteiger partial charge >= 0.3 is 0 Å². The molecule has 1 aromatic heterocycles. The Morgan fingerprint density at radius 2 is 1.96 bits per heavy atom. The van der Waals surface area contributed by atoms with Crippen LogP contribution in [-0.2, 0) is 11.3 Å². The number of para-hydroxylation sites is 1. The molecule has 146 valence electrons. The lowest BCUT2D eigenvalue weighted by molar-refractivity contribution is -0.120. The third kappa shape index (κ3) is 4.96. The third-order valence-electron chi connectivity index (χ3n) is 5.38. The molecular weight excluding hydrogens is 340 g/mol. The van der Waals surface area contributed by atoms with Gasteiger partial charge < -0.3 is 9.73 Å². The van der Waals surface area contributed by atoms with E-state index in [2.05, 4.69) is 20.1 Å². The Morgan fingerprint density at radius 1 is 1.19 bits per heavy atom. The summed E-state index contributed by atoms with van der Waals surface area (Å²) < 4.78 is 5.72. The van der Waals surface area contributed by atoms with Gasteiger partial charge in [-0.2, -0.15) is 0 Å². The normalized spacial score (nSPS) is 17.5. The summed E-state index contributed by atoms with van der Waals surface area (Å²) in [6.07, 6.45) is 1.03.